The molecule has 0 saturated carbocycles. The molecule has 1 aromatic rings. The molecule has 0 bridgehead atoms. The molecule has 1 atom stereocenters. The monoisotopic (exact) mass is 166 g/mol. The SMILES string of the molecule is CN[C@@H](C(=O)O)c1ccncc1. The number of rotatable bonds is 3. The van der Waals surface area contributed by atoms with E-state index in [4.69, 9.17) is 5.11 Å². The van der Waals surface area contributed by atoms with Crippen LogP contribution in [0.1, 0.15) is 11.6 Å². The normalized spacial score (nSPS) is 12.4. The molecule has 12 heavy (non-hydrogen) atoms. The zero-order valence-electron chi connectivity index (χ0n) is 6.69. The molecular weight excluding hydrogens is 156 g/mol. The molecular formula is C8H10N2O2. The average Bonchev–Trinajstić information content (AvgIpc) is 2.07. The van der Waals surface area contributed by atoms with Gasteiger partial charge in [0.25, 0.3) is 0 Å². The Morgan fingerprint density at radius 1 is 1.58 bits per heavy atom. The third-order valence-corrected chi connectivity index (χ3v) is 1.58. The predicted molar refractivity (Wildman–Crippen MR) is 43.7 cm³/mol. The number of carboxylic acid groups (broad SMARTS) is 1. The second-order valence-corrected chi connectivity index (χ2v) is 2.34. The molecule has 64 valence electrons. The summed E-state index contributed by atoms with van der Waals surface area (Å²) in [4.78, 5) is 14.4. The van der Waals surface area contributed by atoms with Gasteiger partial charge in [0, 0.05) is 12.4 Å². The van der Waals surface area contributed by atoms with Crippen LogP contribution in [0.15, 0.2) is 24.5 Å². The Hall–Kier alpha value is -1.42. The van der Waals surface area contributed by atoms with Crippen molar-refractivity contribution >= 4 is 5.97 Å². The summed E-state index contributed by atoms with van der Waals surface area (Å²) in [5.74, 6) is -0.885. The van der Waals surface area contributed by atoms with Gasteiger partial charge in [0.15, 0.2) is 0 Å². The average molecular weight is 166 g/mol. The van der Waals surface area contributed by atoms with Gasteiger partial charge in [0.2, 0.25) is 0 Å². The van der Waals surface area contributed by atoms with Crippen LogP contribution in [0.5, 0.6) is 0 Å². The fourth-order valence-corrected chi connectivity index (χ4v) is 0.989. The van der Waals surface area contributed by atoms with Crippen molar-refractivity contribution < 1.29 is 9.90 Å². The Morgan fingerprint density at radius 3 is 2.58 bits per heavy atom. The Balaban J connectivity index is 2.88. The van der Waals surface area contributed by atoms with E-state index in [-0.39, 0.29) is 0 Å². The van der Waals surface area contributed by atoms with Crippen LogP contribution in [-0.4, -0.2) is 23.1 Å². The molecule has 1 heterocycles. The summed E-state index contributed by atoms with van der Waals surface area (Å²) in [7, 11) is 1.61. The van der Waals surface area contributed by atoms with Crippen molar-refractivity contribution in [3.63, 3.8) is 0 Å². The molecule has 1 aromatic heterocycles. The maximum Gasteiger partial charge on any atom is 0.325 e. The quantitative estimate of drug-likeness (QED) is 0.683. The molecule has 0 saturated heterocycles. The molecule has 0 unspecified atom stereocenters. The van der Waals surface area contributed by atoms with Gasteiger partial charge in [-0.15, -0.1) is 0 Å². The maximum atomic E-state index is 10.6. The molecule has 1 rings (SSSR count). The number of likely N-dealkylation sites (N-methyl/N-ethyl adjacent to an activating group) is 1. The van der Waals surface area contributed by atoms with Gasteiger partial charge in [0.05, 0.1) is 0 Å². The first-order valence-electron chi connectivity index (χ1n) is 3.55. The fraction of sp³-hybridized carbons (Fsp3) is 0.250. The molecule has 4 nitrogen and oxygen atoms in total. The minimum atomic E-state index is -0.885. The van der Waals surface area contributed by atoms with Crippen molar-refractivity contribution in [2.75, 3.05) is 7.05 Å². The lowest BCUT2D eigenvalue weighted by molar-refractivity contribution is -0.139. The van der Waals surface area contributed by atoms with E-state index in [1.165, 1.54) is 0 Å². The third kappa shape index (κ3) is 1.79. The van der Waals surface area contributed by atoms with E-state index in [9.17, 15) is 4.79 Å². The van der Waals surface area contributed by atoms with Crippen LogP contribution in [-0.2, 0) is 4.79 Å². The number of hydrogen-bond donors (Lipinski definition) is 2. The van der Waals surface area contributed by atoms with Gasteiger partial charge in [-0.2, -0.15) is 0 Å². The summed E-state index contributed by atoms with van der Waals surface area (Å²) in [5, 5.41) is 11.4. The first-order valence-corrected chi connectivity index (χ1v) is 3.55. The number of nitrogens with one attached hydrogen (secondary N) is 1. The maximum absolute atomic E-state index is 10.6. The van der Waals surface area contributed by atoms with E-state index in [0.717, 1.165) is 0 Å². The Morgan fingerprint density at radius 2 is 2.17 bits per heavy atom. The summed E-state index contributed by atoms with van der Waals surface area (Å²) in [5.41, 5.74) is 0.708. The summed E-state index contributed by atoms with van der Waals surface area (Å²) >= 11 is 0. The molecule has 4 heteroatoms. The third-order valence-electron chi connectivity index (χ3n) is 1.58. The summed E-state index contributed by atoms with van der Waals surface area (Å²) in [6.45, 7) is 0. The van der Waals surface area contributed by atoms with Gasteiger partial charge in [-0.3, -0.25) is 9.78 Å². The first-order chi connectivity index (χ1) is 5.75. The van der Waals surface area contributed by atoms with Crippen molar-refractivity contribution in [2.24, 2.45) is 0 Å². The standard InChI is InChI=1S/C8H10N2O2/c1-9-7(8(11)12)6-2-4-10-5-3-6/h2-5,7,9H,1H3,(H,11,12)/t7-/m1/s1. The lowest BCUT2D eigenvalue weighted by Crippen LogP contribution is -2.24. The van der Waals surface area contributed by atoms with Crippen LogP contribution in [0.2, 0.25) is 0 Å². The minimum Gasteiger partial charge on any atom is -0.480 e. The molecule has 0 aliphatic rings. The number of carbonyl (C=O) groups is 1. The van der Waals surface area contributed by atoms with Crippen LogP contribution in [0.3, 0.4) is 0 Å². The fourth-order valence-electron chi connectivity index (χ4n) is 0.989. The zero-order valence-corrected chi connectivity index (χ0v) is 6.69. The molecule has 0 amide bonds. The summed E-state index contributed by atoms with van der Waals surface area (Å²) < 4.78 is 0. The highest BCUT2D eigenvalue weighted by molar-refractivity contribution is 5.75. The van der Waals surface area contributed by atoms with E-state index >= 15 is 0 Å². The van der Waals surface area contributed by atoms with E-state index in [2.05, 4.69) is 10.3 Å². The van der Waals surface area contributed by atoms with E-state index in [1.54, 1.807) is 31.6 Å². The van der Waals surface area contributed by atoms with Crippen molar-refractivity contribution in [1.29, 1.82) is 0 Å². The molecule has 0 fully saturated rings. The predicted octanol–water partition coefficient (Wildman–Crippen LogP) is 0.427. The van der Waals surface area contributed by atoms with Crippen molar-refractivity contribution in [3.05, 3.63) is 30.1 Å². The highest BCUT2D eigenvalue weighted by Gasteiger charge is 2.16. The molecule has 0 aliphatic carbocycles. The molecule has 0 spiro atoms. The van der Waals surface area contributed by atoms with Crippen LogP contribution < -0.4 is 5.32 Å². The number of hydrogen-bond acceptors (Lipinski definition) is 3. The van der Waals surface area contributed by atoms with E-state index in [1.807, 2.05) is 0 Å². The first kappa shape index (κ1) is 8.67. The van der Waals surface area contributed by atoms with E-state index < -0.39 is 12.0 Å². The topological polar surface area (TPSA) is 62.2 Å². The van der Waals surface area contributed by atoms with Crippen molar-refractivity contribution in [3.8, 4) is 0 Å². The van der Waals surface area contributed by atoms with Crippen LogP contribution >= 0.6 is 0 Å². The Kier molecular flexibility index (Phi) is 2.76. The van der Waals surface area contributed by atoms with Crippen LogP contribution in [0.25, 0.3) is 0 Å². The molecule has 2 N–H and O–H groups in total. The molecule has 0 aromatic carbocycles. The van der Waals surface area contributed by atoms with Crippen LogP contribution in [0.4, 0.5) is 0 Å². The number of carboxylic acids is 1. The summed E-state index contributed by atoms with van der Waals surface area (Å²) in [6.07, 6.45) is 3.14. The van der Waals surface area contributed by atoms with Crippen molar-refractivity contribution in [1.82, 2.24) is 10.3 Å². The molecule has 0 radical (unpaired) electrons. The van der Waals surface area contributed by atoms with Gasteiger partial charge in [-0.1, -0.05) is 0 Å². The number of nitrogens with zero attached hydrogens (tertiary/aromatic N) is 1. The Labute approximate surface area is 70.3 Å². The highest BCUT2D eigenvalue weighted by Crippen LogP contribution is 2.10. The number of aliphatic carboxylic acids is 1. The van der Waals surface area contributed by atoms with Gasteiger partial charge < -0.3 is 10.4 Å². The molecule has 0 aliphatic heterocycles. The van der Waals surface area contributed by atoms with Crippen LogP contribution in [0, 0.1) is 0 Å². The lowest BCUT2D eigenvalue weighted by atomic mass is 10.1. The lowest BCUT2D eigenvalue weighted by Gasteiger charge is -2.09. The van der Waals surface area contributed by atoms with E-state index in [0.29, 0.717) is 5.56 Å². The van der Waals surface area contributed by atoms with Crippen molar-refractivity contribution in [2.45, 2.75) is 6.04 Å². The van der Waals surface area contributed by atoms with Gasteiger partial charge in [-0.25, -0.2) is 0 Å². The second kappa shape index (κ2) is 3.82. The number of aromatic nitrogens is 1. The smallest absolute Gasteiger partial charge is 0.325 e. The minimum absolute atomic E-state index is 0.645. The van der Waals surface area contributed by atoms with Gasteiger partial charge in [0.1, 0.15) is 6.04 Å². The highest BCUT2D eigenvalue weighted by atomic mass is 16.4. The zero-order chi connectivity index (χ0) is 8.97. The Bertz CT molecular complexity index is 261. The largest absolute Gasteiger partial charge is 0.480 e. The van der Waals surface area contributed by atoms with Gasteiger partial charge in [-0.05, 0) is 24.7 Å². The van der Waals surface area contributed by atoms with Gasteiger partial charge >= 0.3 is 5.97 Å². The summed E-state index contributed by atoms with van der Waals surface area (Å²) in [6, 6.07) is 2.71. The number of pyridine rings is 1. The second-order valence-electron chi connectivity index (χ2n) is 2.34.